The van der Waals surface area contributed by atoms with Crippen LogP contribution in [0.1, 0.15) is 5.56 Å². The van der Waals surface area contributed by atoms with E-state index in [1.54, 1.807) is 26.6 Å². The Morgan fingerprint density at radius 3 is 2.05 bits per heavy atom. The lowest BCUT2D eigenvalue weighted by molar-refractivity contribution is 0.394. The van der Waals surface area contributed by atoms with Gasteiger partial charge in [0.25, 0.3) is 0 Å². The van der Waals surface area contributed by atoms with Crippen molar-refractivity contribution in [2.75, 3.05) is 37.9 Å². The molecule has 0 saturated heterocycles. The number of benzene rings is 1. The number of aromatic nitrogens is 2. The summed E-state index contributed by atoms with van der Waals surface area (Å²) in [6.45, 7) is 3.40. The summed E-state index contributed by atoms with van der Waals surface area (Å²) in [6.07, 6.45) is 3.57. The summed E-state index contributed by atoms with van der Waals surface area (Å²) in [5, 5.41) is 6.45. The van der Waals surface area contributed by atoms with Crippen molar-refractivity contribution in [3.8, 4) is 11.5 Å². The van der Waals surface area contributed by atoms with Crippen LogP contribution in [0.4, 0.5) is 11.6 Å². The smallest absolute Gasteiger partial charge is 0.222 e. The summed E-state index contributed by atoms with van der Waals surface area (Å²) >= 11 is 0. The lowest BCUT2D eigenvalue weighted by Gasteiger charge is -2.11. The molecular weight excluding hydrogens is 268 g/mol. The maximum Gasteiger partial charge on any atom is 0.222 e. The number of nitrogens with zero attached hydrogens (tertiary/aromatic N) is 2. The quantitative estimate of drug-likeness (QED) is 0.762. The fourth-order valence-corrected chi connectivity index (χ4v) is 1.77. The van der Waals surface area contributed by atoms with Gasteiger partial charge < -0.3 is 20.1 Å². The average molecular weight is 288 g/mol. The fraction of sp³-hybridized carbons (Fsp3) is 0.333. The van der Waals surface area contributed by atoms with Gasteiger partial charge in [0.2, 0.25) is 5.95 Å². The number of aryl methyl sites for hydroxylation is 1. The molecule has 0 aliphatic heterocycles. The number of methoxy groups -OCH3 is 2. The zero-order valence-corrected chi connectivity index (χ0v) is 12.5. The maximum absolute atomic E-state index is 5.23. The van der Waals surface area contributed by atoms with Gasteiger partial charge in [0.15, 0.2) is 0 Å². The first-order valence-corrected chi connectivity index (χ1v) is 6.70. The Balaban J connectivity index is 1.84. The molecule has 0 amide bonds. The molecule has 0 spiro atoms. The molecule has 2 N–H and O–H groups in total. The predicted molar refractivity (Wildman–Crippen MR) is 83.3 cm³/mol. The molecule has 1 aromatic carbocycles. The molecule has 0 saturated carbocycles. The van der Waals surface area contributed by atoms with Crippen LogP contribution in [-0.2, 0) is 0 Å². The van der Waals surface area contributed by atoms with Gasteiger partial charge >= 0.3 is 0 Å². The number of hydrogen-bond donors (Lipinski definition) is 2. The first-order chi connectivity index (χ1) is 10.2. The van der Waals surface area contributed by atoms with Gasteiger partial charge in [-0.25, -0.2) is 9.97 Å². The Labute approximate surface area is 124 Å². The minimum atomic E-state index is 0.630. The fourth-order valence-electron chi connectivity index (χ4n) is 1.77. The molecule has 0 bridgehead atoms. The molecule has 0 atom stereocenters. The van der Waals surface area contributed by atoms with Crippen molar-refractivity contribution < 1.29 is 9.47 Å². The summed E-state index contributed by atoms with van der Waals surface area (Å²) in [5.74, 6) is 2.14. The van der Waals surface area contributed by atoms with Gasteiger partial charge in [0, 0.05) is 49.4 Å². The van der Waals surface area contributed by atoms with Crippen LogP contribution in [0.25, 0.3) is 0 Å². The van der Waals surface area contributed by atoms with Gasteiger partial charge in [-0.05, 0) is 12.5 Å². The van der Waals surface area contributed by atoms with E-state index >= 15 is 0 Å². The SMILES string of the molecule is COc1cc(NCCNc2ncc(C)cn2)cc(OC)c1. The summed E-state index contributed by atoms with van der Waals surface area (Å²) in [4.78, 5) is 8.38. The van der Waals surface area contributed by atoms with Gasteiger partial charge in [-0.3, -0.25) is 0 Å². The molecule has 0 aliphatic carbocycles. The molecule has 21 heavy (non-hydrogen) atoms. The van der Waals surface area contributed by atoms with E-state index in [4.69, 9.17) is 9.47 Å². The van der Waals surface area contributed by atoms with E-state index in [-0.39, 0.29) is 0 Å². The summed E-state index contributed by atoms with van der Waals surface area (Å²) in [5.41, 5.74) is 1.99. The molecular formula is C15H20N4O2. The van der Waals surface area contributed by atoms with Crippen LogP contribution < -0.4 is 20.1 Å². The number of hydrogen-bond acceptors (Lipinski definition) is 6. The van der Waals surface area contributed by atoms with Crippen molar-refractivity contribution in [2.24, 2.45) is 0 Å². The van der Waals surface area contributed by atoms with E-state index in [2.05, 4.69) is 20.6 Å². The molecule has 0 unspecified atom stereocenters. The van der Waals surface area contributed by atoms with Crippen LogP contribution in [0.5, 0.6) is 11.5 Å². The number of anilines is 2. The molecule has 6 nitrogen and oxygen atoms in total. The Bertz CT molecular complexity index is 550. The van der Waals surface area contributed by atoms with Crippen molar-refractivity contribution in [1.82, 2.24) is 9.97 Å². The highest BCUT2D eigenvalue weighted by Gasteiger charge is 2.01. The Morgan fingerprint density at radius 1 is 0.905 bits per heavy atom. The topological polar surface area (TPSA) is 68.3 Å². The van der Waals surface area contributed by atoms with Crippen LogP contribution in [0.3, 0.4) is 0 Å². The highest BCUT2D eigenvalue weighted by atomic mass is 16.5. The molecule has 0 fully saturated rings. The number of ether oxygens (including phenoxy) is 2. The van der Waals surface area contributed by atoms with Gasteiger partial charge in [0.1, 0.15) is 11.5 Å². The van der Waals surface area contributed by atoms with E-state index in [0.717, 1.165) is 29.3 Å². The van der Waals surface area contributed by atoms with Crippen LogP contribution in [0.2, 0.25) is 0 Å². The third-order valence-electron chi connectivity index (χ3n) is 2.87. The average Bonchev–Trinajstić information content (AvgIpc) is 2.53. The number of nitrogens with one attached hydrogen (secondary N) is 2. The lowest BCUT2D eigenvalue weighted by Crippen LogP contribution is -2.15. The Morgan fingerprint density at radius 2 is 1.48 bits per heavy atom. The zero-order valence-electron chi connectivity index (χ0n) is 12.5. The molecule has 1 aromatic heterocycles. The van der Waals surface area contributed by atoms with Gasteiger partial charge in [-0.1, -0.05) is 0 Å². The minimum Gasteiger partial charge on any atom is -0.497 e. The summed E-state index contributed by atoms with van der Waals surface area (Å²) < 4.78 is 10.5. The first-order valence-electron chi connectivity index (χ1n) is 6.70. The predicted octanol–water partition coefficient (Wildman–Crippen LogP) is 2.33. The van der Waals surface area contributed by atoms with Gasteiger partial charge in [0.05, 0.1) is 14.2 Å². The van der Waals surface area contributed by atoms with Crippen LogP contribution in [0, 0.1) is 6.92 Å². The summed E-state index contributed by atoms with van der Waals surface area (Å²) in [6, 6.07) is 5.68. The zero-order chi connectivity index (χ0) is 15.1. The standard InChI is InChI=1S/C15H20N4O2/c1-11-9-18-15(19-10-11)17-5-4-16-12-6-13(20-2)8-14(7-12)21-3/h6-10,16H,4-5H2,1-3H3,(H,17,18,19). The molecule has 2 aromatic rings. The Hall–Kier alpha value is -2.50. The van der Waals surface area contributed by atoms with Crippen LogP contribution in [0.15, 0.2) is 30.6 Å². The van der Waals surface area contributed by atoms with Crippen molar-refractivity contribution in [1.29, 1.82) is 0 Å². The molecule has 0 aliphatic rings. The van der Waals surface area contributed by atoms with E-state index < -0.39 is 0 Å². The minimum absolute atomic E-state index is 0.630. The van der Waals surface area contributed by atoms with Crippen molar-refractivity contribution in [3.63, 3.8) is 0 Å². The van der Waals surface area contributed by atoms with Crippen LogP contribution in [-0.4, -0.2) is 37.3 Å². The molecule has 1 heterocycles. The highest BCUT2D eigenvalue weighted by Crippen LogP contribution is 2.25. The molecule has 6 heteroatoms. The van der Waals surface area contributed by atoms with Crippen molar-refractivity contribution >= 4 is 11.6 Å². The number of rotatable bonds is 7. The maximum atomic E-state index is 5.23. The third-order valence-corrected chi connectivity index (χ3v) is 2.87. The van der Waals surface area contributed by atoms with E-state index in [1.807, 2.05) is 25.1 Å². The van der Waals surface area contributed by atoms with Crippen molar-refractivity contribution in [3.05, 3.63) is 36.2 Å². The second kappa shape index (κ2) is 7.33. The molecule has 0 radical (unpaired) electrons. The molecule has 2 rings (SSSR count). The Kier molecular flexibility index (Phi) is 5.20. The van der Waals surface area contributed by atoms with E-state index in [9.17, 15) is 0 Å². The normalized spacial score (nSPS) is 10.0. The largest absolute Gasteiger partial charge is 0.497 e. The monoisotopic (exact) mass is 288 g/mol. The van der Waals surface area contributed by atoms with Gasteiger partial charge in [-0.2, -0.15) is 0 Å². The van der Waals surface area contributed by atoms with E-state index in [1.165, 1.54) is 0 Å². The second-order valence-electron chi connectivity index (χ2n) is 4.54. The van der Waals surface area contributed by atoms with E-state index in [0.29, 0.717) is 12.5 Å². The van der Waals surface area contributed by atoms with Gasteiger partial charge in [-0.15, -0.1) is 0 Å². The van der Waals surface area contributed by atoms with Crippen molar-refractivity contribution in [2.45, 2.75) is 6.92 Å². The highest BCUT2D eigenvalue weighted by molar-refractivity contribution is 5.53. The van der Waals surface area contributed by atoms with Crippen LogP contribution >= 0.6 is 0 Å². The lowest BCUT2D eigenvalue weighted by atomic mass is 10.2. The molecule has 112 valence electrons. The second-order valence-corrected chi connectivity index (χ2v) is 4.54. The third kappa shape index (κ3) is 4.52. The first kappa shape index (κ1) is 14.9. The summed E-state index contributed by atoms with van der Waals surface area (Å²) in [7, 11) is 3.27.